The van der Waals surface area contributed by atoms with Gasteiger partial charge < -0.3 is 10.0 Å². The van der Waals surface area contributed by atoms with E-state index in [0.29, 0.717) is 0 Å². The summed E-state index contributed by atoms with van der Waals surface area (Å²) < 4.78 is 0.884. The van der Waals surface area contributed by atoms with Gasteiger partial charge >= 0.3 is 7.69 Å². The molecule has 0 atom stereocenters. The van der Waals surface area contributed by atoms with Gasteiger partial charge in [-0.3, -0.25) is 0 Å². The Balaban J connectivity index is 0.000000236. The van der Waals surface area contributed by atoms with E-state index >= 15 is 0 Å². The van der Waals surface area contributed by atoms with E-state index in [9.17, 15) is 0 Å². The predicted octanol–water partition coefficient (Wildman–Crippen LogP) is 0.349. The highest BCUT2D eigenvalue weighted by Gasteiger charge is 1.75. The lowest BCUT2D eigenvalue weighted by Gasteiger charge is -1.80. The van der Waals surface area contributed by atoms with Crippen molar-refractivity contribution >= 4 is 23.6 Å². The molecule has 0 saturated carbocycles. The number of hydrogen-bond donors (Lipinski definition) is 2. The van der Waals surface area contributed by atoms with Crippen molar-refractivity contribution in [3.63, 3.8) is 0 Å². The first-order valence-corrected chi connectivity index (χ1v) is 3.27. The van der Waals surface area contributed by atoms with E-state index in [1.807, 2.05) is 18.2 Å². The normalized spacial score (nSPS) is 7.50. The molecule has 0 aliphatic heterocycles. The zero-order valence-electron chi connectivity index (χ0n) is 5.11. The maximum atomic E-state index is 7.00. The number of aromatic nitrogens is 1. The molecule has 0 aromatic carbocycles. The summed E-state index contributed by atoms with van der Waals surface area (Å²) in [5, 5.41) is 14.0. The van der Waals surface area contributed by atoms with Gasteiger partial charge in [-0.05, 0) is 28.1 Å². The maximum Gasteiger partial charge on any atom is 0.482 e. The maximum absolute atomic E-state index is 7.00. The number of hydrogen-bond acceptors (Lipinski definition) is 3. The molecule has 10 heavy (non-hydrogen) atoms. The lowest BCUT2D eigenvalue weighted by molar-refractivity contribution is 0.448. The quantitative estimate of drug-likeness (QED) is 0.472. The minimum absolute atomic E-state index is 0. The van der Waals surface area contributed by atoms with Crippen LogP contribution in [0.1, 0.15) is 0 Å². The first-order chi connectivity index (χ1) is 4.81. The fraction of sp³-hybridized carbons (Fsp3) is 0. The Labute approximate surface area is 68.2 Å². The van der Waals surface area contributed by atoms with Crippen LogP contribution in [-0.2, 0) is 0 Å². The summed E-state index contributed by atoms with van der Waals surface area (Å²) in [6.45, 7) is 0. The van der Waals surface area contributed by atoms with Gasteiger partial charge in [0.15, 0.2) is 0 Å². The van der Waals surface area contributed by atoms with Crippen LogP contribution in [0.2, 0.25) is 0 Å². The van der Waals surface area contributed by atoms with Crippen molar-refractivity contribution < 1.29 is 10.0 Å². The molecule has 1 aromatic rings. The van der Waals surface area contributed by atoms with E-state index in [1.165, 1.54) is 0 Å². The van der Waals surface area contributed by atoms with Crippen LogP contribution in [0, 0.1) is 0 Å². The topological polar surface area (TPSA) is 53.4 Å². The van der Waals surface area contributed by atoms with Crippen molar-refractivity contribution in [1.82, 2.24) is 4.98 Å². The van der Waals surface area contributed by atoms with Gasteiger partial charge in [-0.1, -0.05) is 6.07 Å². The van der Waals surface area contributed by atoms with E-state index in [1.54, 1.807) is 6.20 Å². The van der Waals surface area contributed by atoms with Crippen molar-refractivity contribution in [1.29, 1.82) is 0 Å². The van der Waals surface area contributed by atoms with Crippen LogP contribution in [0.4, 0.5) is 0 Å². The Kier molecular flexibility index (Phi) is 6.47. The molecule has 0 fully saturated rings. The summed E-state index contributed by atoms with van der Waals surface area (Å²) in [4.78, 5) is 3.90. The summed E-state index contributed by atoms with van der Waals surface area (Å²) in [5.74, 6) is 0. The molecule has 1 heterocycles. The average molecular weight is 203 g/mol. The van der Waals surface area contributed by atoms with Crippen molar-refractivity contribution in [2.24, 2.45) is 0 Å². The zero-order chi connectivity index (χ0) is 7.82. The van der Waals surface area contributed by atoms with Crippen molar-refractivity contribution in [2.75, 3.05) is 0 Å². The van der Waals surface area contributed by atoms with Gasteiger partial charge in [0.05, 0.1) is 0 Å². The average Bonchev–Trinajstić information content (AvgIpc) is 1.91. The molecular weight excluding hydrogens is 197 g/mol. The Morgan fingerprint density at radius 2 is 2.00 bits per heavy atom. The molecule has 0 saturated heterocycles. The summed E-state index contributed by atoms with van der Waals surface area (Å²) in [7, 11) is 0. The Hall–Kier alpha value is -0.385. The predicted molar refractivity (Wildman–Crippen MR) is 42.1 cm³/mol. The van der Waals surface area contributed by atoms with Gasteiger partial charge in [0, 0.05) is 6.20 Å². The van der Waals surface area contributed by atoms with Crippen LogP contribution in [-0.4, -0.2) is 22.7 Å². The fourth-order valence-corrected chi connectivity index (χ4v) is 0.613. The molecule has 0 unspecified atom stereocenters. The van der Waals surface area contributed by atoms with Crippen LogP contribution in [0.3, 0.4) is 0 Å². The van der Waals surface area contributed by atoms with Crippen molar-refractivity contribution in [3.05, 3.63) is 29.0 Å². The van der Waals surface area contributed by atoms with E-state index in [4.69, 9.17) is 10.0 Å². The number of rotatable bonds is 0. The lowest BCUT2D eigenvalue weighted by Crippen LogP contribution is -1.75. The molecule has 0 aliphatic carbocycles. The van der Waals surface area contributed by atoms with Crippen LogP contribution < -0.4 is 0 Å². The van der Waals surface area contributed by atoms with Gasteiger partial charge in [0.2, 0.25) is 0 Å². The zero-order valence-corrected chi connectivity index (χ0v) is 6.69. The third kappa shape index (κ3) is 5.75. The van der Waals surface area contributed by atoms with Gasteiger partial charge in [-0.2, -0.15) is 0 Å². The third-order valence-corrected chi connectivity index (χ3v) is 1.10. The standard InChI is InChI=1S/C5H4BrN.BH2O2/c6-5-3-1-2-4-7-5;2-1-3/h1-4H;2-3H. The molecule has 53 valence electrons. The Morgan fingerprint density at radius 1 is 1.40 bits per heavy atom. The molecule has 0 aliphatic rings. The second-order valence-corrected chi connectivity index (χ2v) is 2.08. The van der Waals surface area contributed by atoms with E-state index in [0.717, 1.165) is 4.60 Å². The number of halogens is 1. The van der Waals surface area contributed by atoms with Crippen LogP contribution >= 0.6 is 15.9 Å². The number of nitrogens with zero attached hydrogens (tertiary/aromatic N) is 1. The first kappa shape index (κ1) is 9.61. The summed E-state index contributed by atoms with van der Waals surface area (Å²) in [6, 6.07) is 5.70. The highest BCUT2D eigenvalue weighted by Crippen LogP contribution is 2.00. The van der Waals surface area contributed by atoms with Crippen LogP contribution in [0.25, 0.3) is 0 Å². The largest absolute Gasteiger partial charge is 0.482 e. The fourth-order valence-electron chi connectivity index (χ4n) is 0.342. The number of pyridine rings is 1. The molecule has 1 aromatic heterocycles. The third-order valence-electron chi connectivity index (χ3n) is 0.629. The van der Waals surface area contributed by atoms with Gasteiger partial charge in [-0.15, -0.1) is 0 Å². The minimum Gasteiger partial charge on any atom is -0.429 e. The van der Waals surface area contributed by atoms with Gasteiger partial charge in [0.25, 0.3) is 0 Å². The second-order valence-electron chi connectivity index (χ2n) is 1.27. The van der Waals surface area contributed by atoms with Crippen molar-refractivity contribution in [2.45, 2.75) is 0 Å². The highest BCUT2D eigenvalue weighted by atomic mass is 79.9. The summed E-state index contributed by atoms with van der Waals surface area (Å²) >= 11 is 3.20. The van der Waals surface area contributed by atoms with E-state index in [-0.39, 0.29) is 7.69 Å². The SMILES string of the molecule is Brc1ccccn1.O[B]O. The highest BCUT2D eigenvalue weighted by molar-refractivity contribution is 9.10. The van der Waals surface area contributed by atoms with E-state index < -0.39 is 0 Å². The summed E-state index contributed by atoms with van der Waals surface area (Å²) in [5.41, 5.74) is 0. The molecule has 0 spiro atoms. The molecule has 1 radical (unpaired) electrons. The minimum atomic E-state index is 0. The molecule has 2 N–H and O–H groups in total. The second kappa shape index (κ2) is 6.73. The molecule has 5 heteroatoms. The van der Waals surface area contributed by atoms with Gasteiger partial charge in [-0.25, -0.2) is 4.98 Å². The smallest absolute Gasteiger partial charge is 0.429 e. The van der Waals surface area contributed by atoms with Crippen LogP contribution in [0.15, 0.2) is 29.0 Å². The van der Waals surface area contributed by atoms with Crippen LogP contribution in [0.5, 0.6) is 0 Å². The summed E-state index contributed by atoms with van der Waals surface area (Å²) in [6.07, 6.45) is 1.74. The van der Waals surface area contributed by atoms with Crippen molar-refractivity contribution in [3.8, 4) is 0 Å². The lowest BCUT2D eigenvalue weighted by atomic mass is 10.5. The molecule has 0 amide bonds. The monoisotopic (exact) mass is 202 g/mol. The molecule has 1 rings (SSSR count). The molecular formula is C5H6BBrNO2. The Morgan fingerprint density at radius 3 is 2.20 bits per heavy atom. The van der Waals surface area contributed by atoms with E-state index in [2.05, 4.69) is 20.9 Å². The first-order valence-electron chi connectivity index (χ1n) is 2.48. The van der Waals surface area contributed by atoms with Gasteiger partial charge in [0.1, 0.15) is 4.60 Å². The Bertz CT molecular complexity index is 161. The molecule has 0 bridgehead atoms. The molecule has 3 nitrogen and oxygen atoms in total.